The molecular weight excluding hydrogens is 317 g/mol. The zero-order chi connectivity index (χ0) is 15.0. The molecule has 108 valence electrons. The van der Waals surface area contributed by atoms with Gasteiger partial charge in [-0.25, -0.2) is 13.8 Å². The lowest BCUT2D eigenvalue weighted by atomic mass is 10.2. The zero-order valence-electron chi connectivity index (χ0n) is 10.8. The molecule has 1 aromatic heterocycles. The minimum absolute atomic E-state index is 0.0747. The number of aryl methyl sites for hydroxylation is 1. The highest BCUT2D eigenvalue weighted by Gasteiger charge is 2.17. The van der Waals surface area contributed by atoms with Crippen LogP contribution in [0.1, 0.15) is 5.82 Å². The highest BCUT2D eigenvalue weighted by molar-refractivity contribution is 6.35. The van der Waals surface area contributed by atoms with Crippen molar-refractivity contribution in [1.29, 1.82) is 0 Å². The summed E-state index contributed by atoms with van der Waals surface area (Å²) < 4.78 is 29.1. The van der Waals surface area contributed by atoms with Gasteiger partial charge in [-0.2, -0.15) is 0 Å². The summed E-state index contributed by atoms with van der Waals surface area (Å²) in [5.41, 5.74) is 1.24. The SMILES string of the molecule is Fc1ccc(F)c(-n2c(CCCl)nc3cccc(Cl)c32)c1. The first-order chi connectivity index (χ1) is 10.1. The number of benzene rings is 2. The second-order valence-electron chi connectivity index (χ2n) is 4.51. The first-order valence-corrected chi connectivity index (χ1v) is 7.20. The van der Waals surface area contributed by atoms with Crippen LogP contribution >= 0.6 is 23.2 Å². The van der Waals surface area contributed by atoms with Crippen LogP contribution in [0.15, 0.2) is 36.4 Å². The van der Waals surface area contributed by atoms with Crippen molar-refractivity contribution in [3.63, 3.8) is 0 Å². The van der Waals surface area contributed by atoms with E-state index >= 15 is 0 Å². The average Bonchev–Trinajstić information content (AvgIpc) is 2.81. The molecule has 0 bridgehead atoms. The molecule has 3 aromatic rings. The summed E-state index contributed by atoms with van der Waals surface area (Å²) >= 11 is 12.0. The molecule has 6 heteroatoms. The van der Waals surface area contributed by atoms with Crippen LogP contribution in [0.5, 0.6) is 0 Å². The van der Waals surface area contributed by atoms with Gasteiger partial charge in [0, 0.05) is 18.4 Å². The fourth-order valence-corrected chi connectivity index (χ4v) is 2.73. The second kappa shape index (κ2) is 5.62. The van der Waals surface area contributed by atoms with Gasteiger partial charge in [-0.05, 0) is 24.3 Å². The van der Waals surface area contributed by atoms with Crippen LogP contribution in [0.4, 0.5) is 8.78 Å². The summed E-state index contributed by atoms with van der Waals surface area (Å²) in [5.74, 6) is -0.223. The minimum atomic E-state index is -0.550. The normalized spacial score (nSPS) is 11.2. The van der Waals surface area contributed by atoms with Crippen molar-refractivity contribution in [3.8, 4) is 5.69 Å². The highest BCUT2D eigenvalue weighted by Crippen LogP contribution is 2.29. The molecule has 0 amide bonds. The van der Waals surface area contributed by atoms with Crippen molar-refractivity contribution in [2.45, 2.75) is 6.42 Å². The van der Waals surface area contributed by atoms with E-state index in [9.17, 15) is 8.78 Å². The molecule has 0 saturated carbocycles. The van der Waals surface area contributed by atoms with E-state index in [4.69, 9.17) is 23.2 Å². The van der Waals surface area contributed by atoms with Crippen LogP contribution in [-0.2, 0) is 6.42 Å². The van der Waals surface area contributed by atoms with Crippen LogP contribution in [0.25, 0.3) is 16.7 Å². The Labute approximate surface area is 129 Å². The van der Waals surface area contributed by atoms with Crippen LogP contribution in [0.2, 0.25) is 5.02 Å². The molecule has 0 spiro atoms. The van der Waals surface area contributed by atoms with E-state index in [0.29, 0.717) is 34.2 Å². The number of hydrogen-bond donors (Lipinski definition) is 0. The van der Waals surface area contributed by atoms with Gasteiger partial charge in [0.1, 0.15) is 17.5 Å². The number of hydrogen-bond acceptors (Lipinski definition) is 1. The van der Waals surface area contributed by atoms with Crippen LogP contribution in [0.3, 0.4) is 0 Å². The third-order valence-electron chi connectivity index (χ3n) is 3.16. The number of halogens is 4. The van der Waals surface area contributed by atoms with Crippen molar-refractivity contribution < 1.29 is 8.78 Å². The lowest BCUT2D eigenvalue weighted by molar-refractivity contribution is 0.592. The number of para-hydroxylation sites is 1. The third-order valence-corrected chi connectivity index (χ3v) is 3.66. The first kappa shape index (κ1) is 14.3. The maximum absolute atomic E-state index is 14.1. The van der Waals surface area contributed by atoms with Gasteiger partial charge in [-0.3, -0.25) is 4.57 Å². The van der Waals surface area contributed by atoms with Crippen molar-refractivity contribution >= 4 is 34.2 Å². The second-order valence-corrected chi connectivity index (χ2v) is 5.29. The molecule has 0 fully saturated rings. The molecule has 1 heterocycles. The van der Waals surface area contributed by atoms with Gasteiger partial charge in [-0.15, -0.1) is 11.6 Å². The lowest BCUT2D eigenvalue weighted by Gasteiger charge is -2.10. The van der Waals surface area contributed by atoms with E-state index in [0.717, 1.165) is 18.2 Å². The van der Waals surface area contributed by atoms with Gasteiger partial charge < -0.3 is 0 Å². The molecule has 0 saturated heterocycles. The van der Waals surface area contributed by atoms with Crippen LogP contribution in [-0.4, -0.2) is 15.4 Å². The summed E-state index contributed by atoms with van der Waals surface area (Å²) in [6, 6.07) is 8.49. The highest BCUT2D eigenvalue weighted by atomic mass is 35.5. The van der Waals surface area contributed by atoms with E-state index in [1.807, 2.05) is 0 Å². The Balaban J connectivity index is 2.38. The number of alkyl halides is 1. The summed E-state index contributed by atoms with van der Waals surface area (Å²) in [4.78, 5) is 4.42. The van der Waals surface area contributed by atoms with E-state index in [2.05, 4.69) is 4.98 Å². The molecule has 3 rings (SSSR count). The smallest absolute Gasteiger partial charge is 0.147 e. The van der Waals surface area contributed by atoms with E-state index in [1.165, 1.54) is 4.57 Å². The number of rotatable bonds is 3. The summed E-state index contributed by atoms with van der Waals surface area (Å²) in [6.07, 6.45) is 0.419. The van der Waals surface area contributed by atoms with Gasteiger partial charge in [0.15, 0.2) is 0 Å². The zero-order valence-corrected chi connectivity index (χ0v) is 12.3. The third kappa shape index (κ3) is 2.49. The Morgan fingerprint density at radius 1 is 1.14 bits per heavy atom. The first-order valence-electron chi connectivity index (χ1n) is 6.29. The van der Waals surface area contributed by atoms with Gasteiger partial charge in [0.2, 0.25) is 0 Å². The average molecular weight is 327 g/mol. The van der Waals surface area contributed by atoms with Gasteiger partial charge in [0.25, 0.3) is 0 Å². The van der Waals surface area contributed by atoms with Gasteiger partial charge in [0.05, 0.1) is 21.7 Å². The van der Waals surface area contributed by atoms with Crippen molar-refractivity contribution in [2.75, 3.05) is 5.88 Å². The number of imidazole rings is 1. The summed E-state index contributed by atoms with van der Waals surface area (Å²) in [6.45, 7) is 0. The van der Waals surface area contributed by atoms with Crippen LogP contribution < -0.4 is 0 Å². The Hall–Kier alpha value is -1.65. The Bertz CT molecular complexity index is 815. The van der Waals surface area contributed by atoms with Crippen molar-refractivity contribution in [2.24, 2.45) is 0 Å². The molecule has 0 unspecified atom stereocenters. The number of fused-ring (bicyclic) bond motifs is 1. The topological polar surface area (TPSA) is 17.8 Å². The molecule has 21 heavy (non-hydrogen) atoms. The van der Waals surface area contributed by atoms with Gasteiger partial charge in [-0.1, -0.05) is 17.7 Å². The van der Waals surface area contributed by atoms with Crippen molar-refractivity contribution in [1.82, 2.24) is 9.55 Å². The number of aromatic nitrogens is 2. The Morgan fingerprint density at radius 3 is 2.71 bits per heavy atom. The molecule has 2 nitrogen and oxygen atoms in total. The predicted molar refractivity (Wildman–Crippen MR) is 80.4 cm³/mol. The van der Waals surface area contributed by atoms with Gasteiger partial charge >= 0.3 is 0 Å². The van der Waals surface area contributed by atoms with E-state index in [1.54, 1.807) is 18.2 Å². The Kier molecular flexibility index (Phi) is 3.83. The molecule has 0 atom stereocenters. The number of nitrogens with zero attached hydrogens (tertiary/aromatic N) is 2. The molecule has 0 radical (unpaired) electrons. The molecule has 2 aromatic carbocycles. The maximum atomic E-state index is 14.1. The molecule has 0 aliphatic carbocycles. The van der Waals surface area contributed by atoms with E-state index in [-0.39, 0.29) is 5.69 Å². The Morgan fingerprint density at radius 2 is 1.95 bits per heavy atom. The monoisotopic (exact) mass is 326 g/mol. The van der Waals surface area contributed by atoms with Crippen molar-refractivity contribution in [3.05, 3.63) is 58.9 Å². The molecular formula is C15H10Cl2F2N2. The minimum Gasteiger partial charge on any atom is -0.292 e. The van der Waals surface area contributed by atoms with E-state index < -0.39 is 11.6 Å². The quantitative estimate of drug-likeness (QED) is 0.636. The predicted octanol–water partition coefficient (Wildman–Crippen LogP) is 4.74. The fourth-order valence-electron chi connectivity index (χ4n) is 2.30. The molecule has 0 aliphatic heterocycles. The largest absolute Gasteiger partial charge is 0.292 e. The van der Waals surface area contributed by atoms with Crippen LogP contribution in [0, 0.1) is 11.6 Å². The summed E-state index contributed by atoms with van der Waals surface area (Å²) in [5, 5.41) is 0.421. The fraction of sp³-hybridized carbons (Fsp3) is 0.133. The standard InChI is InChI=1S/C15H10Cl2F2N2/c16-7-6-14-20-12-3-1-2-10(17)15(12)21(14)13-8-9(18)4-5-11(13)19/h1-5,8H,6-7H2. The molecule has 0 aliphatic rings. The molecule has 0 N–H and O–H groups in total. The maximum Gasteiger partial charge on any atom is 0.147 e. The lowest BCUT2D eigenvalue weighted by Crippen LogP contribution is -2.05. The summed E-state index contributed by atoms with van der Waals surface area (Å²) in [7, 11) is 0.